The highest BCUT2D eigenvalue weighted by atomic mass is 35.5. The Labute approximate surface area is 107 Å². The Morgan fingerprint density at radius 1 is 1.41 bits per heavy atom. The first-order valence-corrected chi connectivity index (χ1v) is 6.00. The number of hydrogen-bond acceptors (Lipinski definition) is 3. The molecule has 0 saturated carbocycles. The molecule has 0 aliphatic carbocycles. The van der Waals surface area contributed by atoms with Crippen LogP contribution in [0.4, 0.5) is 0 Å². The first-order chi connectivity index (χ1) is 8.06. The summed E-state index contributed by atoms with van der Waals surface area (Å²) in [6.45, 7) is 2.21. The van der Waals surface area contributed by atoms with Gasteiger partial charge >= 0.3 is 5.97 Å². The number of benzene rings is 1. The van der Waals surface area contributed by atoms with Gasteiger partial charge in [-0.15, -0.1) is 0 Å². The van der Waals surface area contributed by atoms with Crippen LogP contribution >= 0.6 is 11.6 Å². The van der Waals surface area contributed by atoms with Gasteiger partial charge in [0.1, 0.15) is 0 Å². The van der Waals surface area contributed by atoms with Gasteiger partial charge in [-0.3, -0.25) is 4.79 Å². The molecule has 0 unspecified atom stereocenters. The average Bonchev–Trinajstić information content (AvgIpc) is 2.27. The second-order valence-corrected chi connectivity index (χ2v) is 4.42. The van der Waals surface area contributed by atoms with Crippen molar-refractivity contribution in [1.29, 1.82) is 0 Å². The predicted molar refractivity (Wildman–Crippen MR) is 69.1 cm³/mol. The molecule has 1 atom stereocenters. The lowest BCUT2D eigenvalue weighted by atomic mass is 10.0. The van der Waals surface area contributed by atoms with E-state index in [2.05, 4.69) is 0 Å². The van der Waals surface area contributed by atoms with Crippen LogP contribution in [0.1, 0.15) is 24.9 Å². The van der Waals surface area contributed by atoms with Crippen LogP contribution in [0.5, 0.6) is 0 Å². The van der Waals surface area contributed by atoms with E-state index in [-0.39, 0.29) is 12.0 Å². The van der Waals surface area contributed by atoms with E-state index >= 15 is 0 Å². The summed E-state index contributed by atoms with van der Waals surface area (Å²) in [5.74, 6) is -0.203. The number of rotatable bonds is 5. The lowest BCUT2D eigenvalue weighted by Crippen LogP contribution is -2.24. The zero-order valence-electron chi connectivity index (χ0n) is 10.4. The van der Waals surface area contributed by atoms with E-state index in [0.29, 0.717) is 18.1 Å². The first kappa shape index (κ1) is 14.0. The predicted octanol–water partition coefficient (Wildman–Crippen LogP) is 2.90. The highest BCUT2D eigenvalue weighted by Crippen LogP contribution is 2.28. The van der Waals surface area contributed by atoms with E-state index in [9.17, 15) is 4.79 Å². The Hall–Kier alpha value is -1.06. The van der Waals surface area contributed by atoms with Crippen LogP contribution in [-0.4, -0.2) is 31.6 Å². The topological polar surface area (TPSA) is 29.5 Å². The quantitative estimate of drug-likeness (QED) is 0.758. The smallest absolute Gasteiger partial charge is 0.307 e. The molecular weight excluding hydrogens is 238 g/mol. The molecule has 1 rings (SSSR count). The van der Waals surface area contributed by atoms with Crippen molar-refractivity contribution in [2.45, 2.75) is 19.4 Å². The molecule has 1 aromatic carbocycles. The van der Waals surface area contributed by atoms with Crippen molar-refractivity contribution >= 4 is 17.6 Å². The van der Waals surface area contributed by atoms with E-state index in [1.807, 2.05) is 43.3 Å². The lowest BCUT2D eigenvalue weighted by molar-refractivity contribution is -0.144. The molecular formula is C13H18ClNO2. The van der Waals surface area contributed by atoms with Gasteiger partial charge in [0, 0.05) is 11.1 Å². The number of esters is 1. The zero-order valence-corrected chi connectivity index (χ0v) is 11.2. The molecule has 0 aliphatic heterocycles. The summed E-state index contributed by atoms with van der Waals surface area (Å²) < 4.78 is 4.98. The third-order valence-corrected chi connectivity index (χ3v) is 2.90. The van der Waals surface area contributed by atoms with Crippen molar-refractivity contribution in [1.82, 2.24) is 4.90 Å². The summed E-state index contributed by atoms with van der Waals surface area (Å²) in [4.78, 5) is 13.5. The molecule has 0 N–H and O–H groups in total. The van der Waals surface area contributed by atoms with Crippen LogP contribution < -0.4 is 0 Å². The molecule has 0 bridgehead atoms. The highest BCUT2D eigenvalue weighted by Gasteiger charge is 2.20. The molecule has 0 aliphatic rings. The van der Waals surface area contributed by atoms with Crippen LogP contribution in [0.2, 0.25) is 5.02 Å². The monoisotopic (exact) mass is 255 g/mol. The molecule has 3 nitrogen and oxygen atoms in total. The van der Waals surface area contributed by atoms with Crippen LogP contribution in [0.15, 0.2) is 24.3 Å². The largest absolute Gasteiger partial charge is 0.466 e. The van der Waals surface area contributed by atoms with E-state index < -0.39 is 0 Å². The van der Waals surface area contributed by atoms with Crippen molar-refractivity contribution in [3.05, 3.63) is 34.9 Å². The maximum atomic E-state index is 11.6. The molecule has 0 spiro atoms. The molecule has 0 fully saturated rings. The first-order valence-electron chi connectivity index (χ1n) is 5.62. The van der Waals surface area contributed by atoms with Crippen molar-refractivity contribution in [2.75, 3.05) is 20.7 Å². The Morgan fingerprint density at radius 3 is 2.59 bits per heavy atom. The van der Waals surface area contributed by atoms with Crippen molar-refractivity contribution < 1.29 is 9.53 Å². The Bertz CT molecular complexity index is 379. The van der Waals surface area contributed by atoms with Gasteiger partial charge in [-0.25, -0.2) is 0 Å². The minimum atomic E-state index is -0.203. The van der Waals surface area contributed by atoms with Gasteiger partial charge < -0.3 is 9.64 Å². The SMILES string of the molecule is CCOC(=O)C[C@H](c1ccccc1Cl)N(C)C. The Kier molecular flexibility index (Phi) is 5.45. The minimum absolute atomic E-state index is 0.0530. The van der Waals surface area contributed by atoms with Crippen molar-refractivity contribution in [3.8, 4) is 0 Å². The summed E-state index contributed by atoms with van der Waals surface area (Å²) in [5.41, 5.74) is 0.951. The van der Waals surface area contributed by atoms with E-state index in [4.69, 9.17) is 16.3 Å². The fraction of sp³-hybridized carbons (Fsp3) is 0.462. The van der Waals surface area contributed by atoms with Gasteiger partial charge in [0.05, 0.1) is 13.0 Å². The fourth-order valence-corrected chi connectivity index (χ4v) is 1.96. The maximum Gasteiger partial charge on any atom is 0.307 e. The summed E-state index contributed by atoms with van der Waals surface area (Å²) in [6.07, 6.45) is 0.310. The van der Waals surface area contributed by atoms with Gasteiger partial charge in [-0.2, -0.15) is 0 Å². The third kappa shape index (κ3) is 4.02. The summed E-state index contributed by atoms with van der Waals surface area (Å²) in [6, 6.07) is 7.51. The van der Waals surface area contributed by atoms with Crippen molar-refractivity contribution in [3.63, 3.8) is 0 Å². The number of halogens is 1. The highest BCUT2D eigenvalue weighted by molar-refractivity contribution is 6.31. The fourth-order valence-electron chi connectivity index (χ4n) is 1.69. The Balaban J connectivity index is 2.87. The molecule has 0 saturated heterocycles. The summed E-state index contributed by atoms with van der Waals surface area (Å²) in [5, 5.41) is 0.676. The molecule has 17 heavy (non-hydrogen) atoms. The molecule has 0 heterocycles. The number of hydrogen-bond donors (Lipinski definition) is 0. The van der Waals surface area contributed by atoms with Gasteiger partial charge in [0.25, 0.3) is 0 Å². The molecule has 94 valence electrons. The normalized spacial score (nSPS) is 12.5. The van der Waals surface area contributed by atoms with Crippen LogP contribution in [0.25, 0.3) is 0 Å². The van der Waals surface area contributed by atoms with Crippen LogP contribution in [0, 0.1) is 0 Å². The second kappa shape index (κ2) is 6.62. The standard InChI is InChI=1S/C13H18ClNO2/c1-4-17-13(16)9-12(15(2)3)10-7-5-6-8-11(10)14/h5-8,12H,4,9H2,1-3H3/t12-/m1/s1. The van der Waals surface area contributed by atoms with E-state index in [1.165, 1.54) is 0 Å². The minimum Gasteiger partial charge on any atom is -0.466 e. The number of carbonyl (C=O) groups is 1. The number of ether oxygens (including phenoxy) is 1. The maximum absolute atomic E-state index is 11.6. The Morgan fingerprint density at radius 2 is 2.06 bits per heavy atom. The molecule has 4 heteroatoms. The molecule has 0 aromatic heterocycles. The van der Waals surface area contributed by atoms with Gasteiger partial charge in [-0.05, 0) is 32.6 Å². The molecule has 0 amide bonds. The third-order valence-electron chi connectivity index (χ3n) is 2.55. The molecule has 0 radical (unpaired) electrons. The second-order valence-electron chi connectivity index (χ2n) is 4.01. The number of nitrogens with zero attached hydrogens (tertiary/aromatic N) is 1. The van der Waals surface area contributed by atoms with Crippen LogP contribution in [-0.2, 0) is 9.53 Å². The summed E-state index contributed by atoms with van der Waals surface area (Å²) in [7, 11) is 3.85. The summed E-state index contributed by atoms with van der Waals surface area (Å²) >= 11 is 6.14. The van der Waals surface area contributed by atoms with Crippen LogP contribution in [0.3, 0.4) is 0 Å². The number of carbonyl (C=O) groups excluding carboxylic acids is 1. The molecule has 1 aromatic rings. The van der Waals surface area contributed by atoms with Gasteiger partial charge in [-0.1, -0.05) is 29.8 Å². The lowest BCUT2D eigenvalue weighted by Gasteiger charge is -2.24. The average molecular weight is 256 g/mol. The van der Waals surface area contributed by atoms with E-state index in [1.54, 1.807) is 6.92 Å². The van der Waals surface area contributed by atoms with Crippen molar-refractivity contribution in [2.24, 2.45) is 0 Å². The van der Waals surface area contributed by atoms with E-state index in [0.717, 1.165) is 5.56 Å². The zero-order chi connectivity index (χ0) is 12.8. The van der Waals surface area contributed by atoms with Gasteiger partial charge in [0.2, 0.25) is 0 Å². The van der Waals surface area contributed by atoms with Gasteiger partial charge in [0.15, 0.2) is 0 Å².